The SMILES string of the molecule is CCOC(=O)c1c(OCC(F)(F)F)c2c(=O)c(Br)c(CC)[nH]c2n1C. The number of fused-ring (bicyclic) bond motifs is 1. The molecule has 0 bridgehead atoms. The number of alkyl halides is 3. The highest BCUT2D eigenvalue weighted by Crippen LogP contribution is 2.33. The fourth-order valence-corrected chi connectivity index (χ4v) is 3.00. The maximum absolute atomic E-state index is 12.6. The number of rotatable bonds is 5. The van der Waals surface area contributed by atoms with Crippen molar-refractivity contribution in [3.63, 3.8) is 0 Å². The molecule has 0 fully saturated rings. The second-order valence-electron chi connectivity index (χ2n) is 5.18. The normalized spacial score (nSPS) is 11.8. The van der Waals surface area contributed by atoms with E-state index in [1.165, 1.54) is 11.6 Å². The summed E-state index contributed by atoms with van der Waals surface area (Å²) in [5.74, 6) is -1.32. The first-order valence-electron chi connectivity index (χ1n) is 7.42. The molecule has 138 valence electrons. The van der Waals surface area contributed by atoms with Crippen LogP contribution in [0.1, 0.15) is 30.0 Å². The fourth-order valence-electron chi connectivity index (χ4n) is 2.43. The zero-order valence-corrected chi connectivity index (χ0v) is 15.3. The Morgan fingerprint density at radius 3 is 2.48 bits per heavy atom. The molecule has 0 amide bonds. The van der Waals surface area contributed by atoms with Crippen molar-refractivity contribution in [2.75, 3.05) is 13.2 Å². The number of ether oxygens (including phenoxy) is 2. The Bertz CT molecular complexity index is 870. The number of aryl methyl sites for hydroxylation is 2. The van der Waals surface area contributed by atoms with Crippen molar-refractivity contribution in [3.05, 3.63) is 26.1 Å². The van der Waals surface area contributed by atoms with Gasteiger partial charge in [-0.15, -0.1) is 0 Å². The summed E-state index contributed by atoms with van der Waals surface area (Å²) >= 11 is 3.14. The van der Waals surface area contributed by atoms with Gasteiger partial charge < -0.3 is 19.0 Å². The molecule has 1 N–H and O–H groups in total. The van der Waals surface area contributed by atoms with E-state index in [-0.39, 0.29) is 27.8 Å². The maximum Gasteiger partial charge on any atom is 0.422 e. The third-order valence-electron chi connectivity index (χ3n) is 3.51. The van der Waals surface area contributed by atoms with Crippen LogP contribution in [0.3, 0.4) is 0 Å². The van der Waals surface area contributed by atoms with E-state index >= 15 is 0 Å². The molecule has 0 radical (unpaired) electrons. The van der Waals surface area contributed by atoms with Crippen molar-refractivity contribution in [3.8, 4) is 5.75 Å². The van der Waals surface area contributed by atoms with Crippen LogP contribution in [0.25, 0.3) is 11.0 Å². The first kappa shape index (κ1) is 19.4. The van der Waals surface area contributed by atoms with Crippen LogP contribution in [0.15, 0.2) is 9.27 Å². The number of esters is 1. The molecule has 0 saturated heterocycles. The Labute approximate surface area is 149 Å². The van der Waals surface area contributed by atoms with Gasteiger partial charge in [-0.05, 0) is 29.3 Å². The number of halogens is 4. The molecule has 2 aromatic rings. The molecule has 0 unspecified atom stereocenters. The third-order valence-corrected chi connectivity index (χ3v) is 4.35. The molecule has 0 saturated carbocycles. The zero-order valence-electron chi connectivity index (χ0n) is 13.7. The summed E-state index contributed by atoms with van der Waals surface area (Å²) in [6, 6.07) is 0. The highest BCUT2D eigenvalue weighted by atomic mass is 79.9. The molecule has 6 nitrogen and oxygen atoms in total. The van der Waals surface area contributed by atoms with Gasteiger partial charge in [0.25, 0.3) is 0 Å². The van der Waals surface area contributed by atoms with E-state index in [0.29, 0.717) is 12.1 Å². The minimum atomic E-state index is -4.62. The maximum atomic E-state index is 12.6. The molecule has 2 rings (SSSR count). The van der Waals surface area contributed by atoms with Crippen molar-refractivity contribution in [2.24, 2.45) is 7.05 Å². The number of hydrogen-bond acceptors (Lipinski definition) is 4. The van der Waals surface area contributed by atoms with Gasteiger partial charge in [-0.25, -0.2) is 4.79 Å². The number of aromatic nitrogens is 2. The Kier molecular flexibility index (Phi) is 5.50. The van der Waals surface area contributed by atoms with Gasteiger partial charge in [0.1, 0.15) is 11.0 Å². The van der Waals surface area contributed by atoms with Crippen LogP contribution in [-0.4, -0.2) is 34.9 Å². The number of H-pyrrole nitrogens is 1. The van der Waals surface area contributed by atoms with Gasteiger partial charge in [0.2, 0.25) is 5.43 Å². The smallest absolute Gasteiger partial charge is 0.422 e. The van der Waals surface area contributed by atoms with E-state index in [9.17, 15) is 22.8 Å². The minimum Gasteiger partial charge on any atom is -0.481 e. The van der Waals surface area contributed by atoms with Gasteiger partial charge >= 0.3 is 12.1 Å². The minimum absolute atomic E-state index is 0.0247. The predicted molar refractivity (Wildman–Crippen MR) is 88.1 cm³/mol. The Morgan fingerprint density at radius 2 is 1.96 bits per heavy atom. The lowest BCUT2D eigenvalue weighted by Gasteiger charge is -2.10. The second-order valence-corrected chi connectivity index (χ2v) is 5.98. The third kappa shape index (κ3) is 3.68. The molecule has 0 aliphatic rings. The van der Waals surface area contributed by atoms with E-state index in [2.05, 4.69) is 20.9 Å². The van der Waals surface area contributed by atoms with Crippen LogP contribution in [0.5, 0.6) is 5.75 Å². The van der Waals surface area contributed by atoms with E-state index in [0.717, 1.165) is 0 Å². The average Bonchev–Trinajstić information content (AvgIpc) is 2.80. The molecule has 10 heteroatoms. The number of carbonyl (C=O) groups excluding carboxylic acids is 1. The summed E-state index contributed by atoms with van der Waals surface area (Å²) in [5, 5.41) is -0.140. The monoisotopic (exact) mass is 424 g/mol. The summed E-state index contributed by atoms with van der Waals surface area (Å²) in [5.41, 5.74) is -0.0790. The lowest BCUT2D eigenvalue weighted by atomic mass is 10.2. The van der Waals surface area contributed by atoms with Crippen molar-refractivity contribution < 1.29 is 27.4 Å². The van der Waals surface area contributed by atoms with Gasteiger partial charge in [-0.2, -0.15) is 13.2 Å². The molecule has 2 aromatic heterocycles. The van der Waals surface area contributed by atoms with E-state index in [1.54, 1.807) is 13.8 Å². The Morgan fingerprint density at radius 1 is 1.32 bits per heavy atom. The molecule has 0 aliphatic carbocycles. The summed E-state index contributed by atoms with van der Waals surface area (Å²) < 4.78 is 48.9. The predicted octanol–water partition coefficient (Wildman–Crippen LogP) is 3.31. The van der Waals surface area contributed by atoms with E-state index in [4.69, 9.17) is 9.47 Å². The topological polar surface area (TPSA) is 73.3 Å². The first-order chi connectivity index (χ1) is 11.6. The number of nitrogens with one attached hydrogen (secondary N) is 1. The van der Waals surface area contributed by atoms with Gasteiger partial charge in [-0.1, -0.05) is 6.92 Å². The van der Waals surface area contributed by atoms with Crippen LogP contribution < -0.4 is 10.2 Å². The number of carbonyl (C=O) groups is 1. The van der Waals surface area contributed by atoms with Crippen LogP contribution in [0.4, 0.5) is 13.2 Å². The molecular formula is C15H16BrF3N2O4. The van der Waals surface area contributed by atoms with Gasteiger partial charge in [0, 0.05) is 12.7 Å². The summed E-state index contributed by atoms with van der Waals surface area (Å²) in [4.78, 5) is 27.8. The van der Waals surface area contributed by atoms with Gasteiger partial charge in [0.15, 0.2) is 18.1 Å². The Hall–Kier alpha value is -1.97. The van der Waals surface area contributed by atoms with Crippen LogP contribution in [0, 0.1) is 0 Å². The van der Waals surface area contributed by atoms with Crippen LogP contribution in [-0.2, 0) is 18.2 Å². The quantitative estimate of drug-likeness (QED) is 0.747. The second kappa shape index (κ2) is 7.11. The molecule has 0 aromatic carbocycles. The number of hydrogen-bond donors (Lipinski definition) is 1. The highest BCUT2D eigenvalue weighted by molar-refractivity contribution is 9.10. The van der Waals surface area contributed by atoms with Gasteiger partial charge in [0.05, 0.1) is 11.1 Å². The van der Waals surface area contributed by atoms with Crippen molar-refractivity contribution in [2.45, 2.75) is 26.4 Å². The molecule has 2 heterocycles. The molecule has 25 heavy (non-hydrogen) atoms. The summed E-state index contributed by atoms with van der Waals surface area (Å²) in [6.45, 7) is 1.76. The van der Waals surface area contributed by atoms with E-state index in [1.807, 2.05) is 0 Å². The first-order valence-corrected chi connectivity index (χ1v) is 8.21. The molecular weight excluding hydrogens is 409 g/mol. The number of pyridine rings is 1. The lowest BCUT2D eigenvalue weighted by Crippen LogP contribution is -2.21. The van der Waals surface area contributed by atoms with Crippen LogP contribution >= 0.6 is 15.9 Å². The fraction of sp³-hybridized carbons (Fsp3) is 0.467. The van der Waals surface area contributed by atoms with Gasteiger partial charge in [-0.3, -0.25) is 4.79 Å². The molecule has 0 atom stereocenters. The zero-order chi connectivity index (χ0) is 18.9. The van der Waals surface area contributed by atoms with Crippen molar-refractivity contribution >= 4 is 32.9 Å². The number of aromatic amines is 1. The Balaban J connectivity index is 2.80. The average molecular weight is 425 g/mol. The summed E-state index contributed by atoms with van der Waals surface area (Å²) in [6.07, 6.45) is -4.15. The summed E-state index contributed by atoms with van der Waals surface area (Å²) in [7, 11) is 1.44. The highest BCUT2D eigenvalue weighted by Gasteiger charge is 2.33. The standard InChI is InChI=1S/C15H16BrF3N2O4/c1-4-7-9(16)11(22)8-12(25-6-15(17,18)19)10(14(23)24-5-2)21(3)13(8)20-7/h4-6H2,1-3H3,(H,20,22). The molecule has 0 spiro atoms. The van der Waals surface area contributed by atoms with Crippen LogP contribution in [0.2, 0.25) is 0 Å². The lowest BCUT2D eigenvalue weighted by molar-refractivity contribution is -0.153. The molecule has 0 aliphatic heterocycles. The van der Waals surface area contributed by atoms with Crippen molar-refractivity contribution in [1.29, 1.82) is 0 Å². The van der Waals surface area contributed by atoms with E-state index < -0.39 is 29.9 Å². The van der Waals surface area contributed by atoms with Crippen molar-refractivity contribution in [1.82, 2.24) is 9.55 Å². The largest absolute Gasteiger partial charge is 0.481 e. The number of nitrogens with zero attached hydrogens (tertiary/aromatic N) is 1.